The number of hydrogen-bond acceptors (Lipinski definition) is 2. The molecule has 0 spiro atoms. The fourth-order valence-corrected chi connectivity index (χ4v) is 2.78. The van der Waals surface area contributed by atoms with Gasteiger partial charge in [0.05, 0.1) is 6.61 Å². The molecule has 19 heavy (non-hydrogen) atoms. The lowest BCUT2D eigenvalue weighted by atomic mass is 10.1. The molecule has 1 aliphatic heterocycles. The standard InChI is InChI=1S/C16H22N2O/c1-2-9-18(10-3-1)11-4-12-19-15-5-6-16-14(13-15)7-8-17-16/h5-8,13,17H,1-4,9-12H2. The molecule has 1 N–H and O–H groups in total. The minimum atomic E-state index is 0.812. The summed E-state index contributed by atoms with van der Waals surface area (Å²) in [5, 5.41) is 1.22. The Balaban J connectivity index is 1.43. The predicted molar refractivity (Wildman–Crippen MR) is 78.7 cm³/mol. The molecule has 0 atom stereocenters. The van der Waals surface area contributed by atoms with Crippen molar-refractivity contribution in [3.05, 3.63) is 30.5 Å². The largest absolute Gasteiger partial charge is 0.494 e. The molecule has 3 heteroatoms. The van der Waals surface area contributed by atoms with Gasteiger partial charge in [0.1, 0.15) is 5.75 Å². The molecule has 1 aromatic heterocycles. The Morgan fingerprint density at radius 2 is 2.00 bits per heavy atom. The highest BCUT2D eigenvalue weighted by atomic mass is 16.5. The summed E-state index contributed by atoms with van der Waals surface area (Å²) < 4.78 is 5.83. The van der Waals surface area contributed by atoms with Gasteiger partial charge >= 0.3 is 0 Å². The van der Waals surface area contributed by atoms with Crippen LogP contribution in [0.1, 0.15) is 25.7 Å². The van der Waals surface area contributed by atoms with E-state index in [0.29, 0.717) is 0 Å². The molecule has 102 valence electrons. The number of aromatic amines is 1. The Bertz CT molecular complexity index is 514. The van der Waals surface area contributed by atoms with E-state index in [1.165, 1.54) is 49.8 Å². The number of ether oxygens (including phenoxy) is 1. The lowest BCUT2D eigenvalue weighted by Gasteiger charge is -2.26. The third kappa shape index (κ3) is 3.29. The highest BCUT2D eigenvalue weighted by molar-refractivity contribution is 5.80. The van der Waals surface area contributed by atoms with Crippen molar-refractivity contribution in [1.82, 2.24) is 9.88 Å². The van der Waals surface area contributed by atoms with Crippen LogP contribution in [-0.2, 0) is 0 Å². The highest BCUT2D eigenvalue weighted by Crippen LogP contribution is 2.19. The van der Waals surface area contributed by atoms with Crippen LogP contribution in [0.15, 0.2) is 30.5 Å². The van der Waals surface area contributed by atoms with E-state index in [0.717, 1.165) is 18.8 Å². The first-order valence-corrected chi connectivity index (χ1v) is 7.34. The van der Waals surface area contributed by atoms with Gasteiger partial charge in [-0.1, -0.05) is 6.42 Å². The summed E-state index contributed by atoms with van der Waals surface area (Å²) in [6, 6.07) is 8.30. The number of nitrogens with zero attached hydrogens (tertiary/aromatic N) is 1. The maximum absolute atomic E-state index is 5.83. The lowest BCUT2D eigenvalue weighted by Crippen LogP contribution is -2.31. The van der Waals surface area contributed by atoms with E-state index in [1.807, 2.05) is 12.3 Å². The highest BCUT2D eigenvalue weighted by Gasteiger charge is 2.09. The van der Waals surface area contributed by atoms with Crippen LogP contribution in [0.3, 0.4) is 0 Å². The van der Waals surface area contributed by atoms with E-state index in [-0.39, 0.29) is 0 Å². The number of benzene rings is 1. The molecule has 1 aromatic carbocycles. The second-order valence-electron chi connectivity index (χ2n) is 5.33. The van der Waals surface area contributed by atoms with Gasteiger partial charge in [0.2, 0.25) is 0 Å². The fraction of sp³-hybridized carbons (Fsp3) is 0.500. The zero-order chi connectivity index (χ0) is 12.9. The van der Waals surface area contributed by atoms with Crippen molar-refractivity contribution in [3.63, 3.8) is 0 Å². The SMILES string of the molecule is c1cc2cc(OCCCN3CCCCC3)ccc2[nH]1. The van der Waals surface area contributed by atoms with Crippen molar-refractivity contribution in [3.8, 4) is 5.75 Å². The van der Waals surface area contributed by atoms with Crippen molar-refractivity contribution in [2.24, 2.45) is 0 Å². The van der Waals surface area contributed by atoms with Gasteiger partial charge in [-0.05, 0) is 56.6 Å². The summed E-state index contributed by atoms with van der Waals surface area (Å²) in [7, 11) is 0. The summed E-state index contributed by atoms with van der Waals surface area (Å²) in [5.74, 6) is 0.978. The minimum Gasteiger partial charge on any atom is -0.494 e. The van der Waals surface area contributed by atoms with E-state index in [9.17, 15) is 0 Å². The van der Waals surface area contributed by atoms with E-state index in [1.54, 1.807) is 0 Å². The first-order chi connectivity index (χ1) is 9.42. The molecule has 3 rings (SSSR count). The summed E-state index contributed by atoms with van der Waals surface area (Å²) in [6.07, 6.45) is 7.22. The number of rotatable bonds is 5. The topological polar surface area (TPSA) is 28.3 Å². The molecule has 0 aliphatic carbocycles. The number of hydrogen-bond donors (Lipinski definition) is 1. The van der Waals surface area contributed by atoms with Crippen LogP contribution in [0.25, 0.3) is 10.9 Å². The third-order valence-electron chi connectivity index (χ3n) is 3.86. The molecule has 0 unspecified atom stereocenters. The predicted octanol–water partition coefficient (Wildman–Crippen LogP) is 3.42. The Labute approximate surface area is 114 Å². The molecule has 3 nitrogen and oxygen atoms in total. The second-order valence-corrected chi connectivity index (χ2v) is 5.33. The summed E-state index contributed by atoms with van der Waals surface area (Å²) in [4.78, 5) is 5.75. The molecule has 0 amide bonds. The number of nitrogens with one attached hydrogen (secondary N) is 1. The molecule has 1 saturated heterocycles. The molecule has 0 saturated carbocycles. The van der Waals surface area contributed by atoms with Crippen molar-refractivity contribution in [2.45, 2.75) is 25.7 Å². The summed E-state index contributed by atoms with van der Waals surface area (Å²) >= 11 is 0. The Morgan fingerprint density at radius 3 is 2.89 bits per heavy atom. The van der Waals surface area contributed by atoms with Crippen molar-refractivity contribution < 1.29 is 4.74 Å². The Morgan fingerprint density at radius 1 is 1.11 bits per heavy atom. The van der Waals surface area contributed by atoms with Gasteiger partial charge in [-0.25, -0.2) is 0 Å². The quantitative estimate of drug-likeness (QED) is 0.832. The molecular weight excluding hydrogens is 236 g/mol. The van der Waals surface area contributed by atoms with Crippen molar-refractivity contribution in [2.75, 3.05) is 26.2 Å². The number of fused-ring (bicyclic) bond motifs is 1. The third-order valence-corrected chi connectivity index (χ3v) is 3.86. The molecule has 2 heterocycles. The zero-order valence-electron chi connectivity index (χ0n) is 11.4. The second kappa shape index (κ2) is 6.11. The normalized spacial score (nSPS) is 16.8. The van der Waals surface area contributed by atoms with Crippen molar-refractivity contribution in [1.29, 1.82) is 0 Å². The van der Waals surface area contributed by atoms with E-state index in [4.69, 9.17) is 4.74 Å². The monoisotopic (exact) mass is 258 g/mol. The number of H-pyrrole nitrogens is 1. The zero-order valence-corrected chi connectivity index (χ0v) is 11.4. The van der Waals surface area contributed by atoms with Gasteiger partial charge in [0.25, 0.3) is 0 Å². The van der Waals surface area contributed by atoms with Gasteiger partial charge in [-0.15, -0.1) is 0 Å². The maximum Gasteiger partial charge on any atom is 0.120 e. The summed E-state index contributed by atoms with van der Waals surface area (Å²) in [5.41, 5.74) is 1.17. The molecule has 2 aromatic rings. The van der Waals surface area contributed by atoms with E-state index in [2.05, 4.69) is 28.1 Å². The van der Waals surface area contributed by atoms with Crippen LogP contribution in [0.4, 0.5) is 0 Å². The number of likely N-dealkylation sites (tertiary alicyclic amines) is 1. The van der Waals surface area contributed by atoms with Crippen LogP contribution in [0, 0.1) is 0 Å². The Kier molecular flexibility index (Phi) is 4.04. The first-order valence-electron chi connectivity index (χ1n) is 7.34. The van der Waals surface area contributed by atoms with Crippen LogP contribution < -0.4 is 4.74 Å². The minimum absolute atomic E-state index is 0.812. The number of aromatic nitrogens is 1. The van der Waals surface area contributed by atoms with Crippen LogP contribution in [-0.4, -0.2) is 36.1 Å². The smallest absolute Gasteiger partial charge is 0.120 e. The average Bonchev–Trinajstić information content (AvgIpc) is 2.92. The lowest BCUT2D eigenvalue weighted by molar-refractivity contribution is 0.205. The van der Waals surface area contributed by atoms with E-state index < -0.39 is 0 Å². The van der Waals surface area contributed by atoms with Crippen molar-refractivity contribution >= 4 is 10.9 Å². The van der Waals surface area contributed by atoms with Gasteiger partial charge in [-0.2, -0.15) is 0 Å². The molecule has 0 radical (unpaired) electrons. The van der Waals surface area contributed by atoms with Gasteiger partial charge < -0.3 is 14.6 Å². The number of piperidine rings is 1. The average molecular weight is 258 g/mol. The van der Waals surface area contributed by atoms with Gasteiger partial charge in [0, 0.05) is 23.6 Å². The van der Waals surface area contributed by atoms with Gasteiger partial charge in [0.15, 0.2) is 0 Å². The molecule has 1 aliphatic rings. The molecular formula is C16H22N2O. The van der Waals surface area contributed by atoms with Crippen LogP contribution in [0.5, 0.6) is 5.75 Å². The Hall–Kier alpha value is -1.48. The van der Waals surface area contributed by atoms with Crippen LogP contribution >= 0.6 is 0 Å². The molecule has 1 fully saturated rings. The molecule has 0 bridgehead atoms. The summed E-state index contributed by atoms with van der Waals surface area (Å²) in [6.45, 7) is 4.53. The maximum atomic E-state index is 5.83. The van der Waals surface area contributed by atoms with E-state index >= 15 is 0 Å². The first kappa shape index (κ1) is 12.5. The van der Waals surface area contributed by atoms with Gasteiger partial charge in [-0.3, -0.25) is 0 Å². The van der Waals surface area contributed by atoms with Crippen LogP contribution in [0.2, 0.25) is 0 Å². The fourth-order valence-electron chi connectivity index (χ4n) is 2.78.